The molecule has 2 fully saturated rings. The van der Waals surface area contributed by atoms with E-state index in [2.05, 4.69) is 0 Å². The van der Waals surface area contributed by atoms with E-state index in [9.17, 15) is 23.1 Å². The van der Waals surface area contributed by atoms with Gasteiger partial charge in [-0.15, -0.1) is 0 Å². The normalized spacial score (nSPS) is 25.7. The Balaban J connectivity index is 2.10. The van der Waals surface area contributed by atoms with E-state index in [1.165, 1.54) is 30.2 Å². The Morgan fingerprint density at radius 3 is 2.48 bits per heavy atom. The Morgan fingerprint density at radius 1 is 1.24 bits per heavy atom. The van der Waals surface area contributed by atoms with Gasteiger partial charge in [-0.3, -0.25) is 9.59 Å². The predicted molar refractivity (Wildman–Crippen MR) is 106 cm³/mol. The van der Waals surface area contributed by atoms with Crippen molar-refractivity contribution in [2.45, 2.75) is 36.2 Å². The van der Waals surface area contributed by atoms with Crippen molar-refractivity contribution in [3.63, 3.8) is 0 Å². The monoisotopic (exact) mass is 464 g/mol. The molecule has 1 aromatic rings. The molecule has 1 N–H and O–H groups in total. The molecule has 3 rings (SSSR count). The highest BCUT2D eigenvalue weighted by molar-refractivity contribution is 7.89. The highest BCUT2D eigenvalue weighted by atomic mass is 35.5. The van der Waals surface area contributed by atoms with Gasteiger partial charge in [0.2, 0.25) is 15.9 Å². The molecular weight excluding hydrogens is 443 g/mol. The number of carboxylic acids is 1. The molecule has 8 nitrogen and oxygen atoms in total. The lowest BCUT2D eigenvalue weighted by atomic mass is 9.90. The van der Waals surface area contributed by atoms with Crippen LogP contribution >= 0.6 is 23.2 Å². The first-order valence-corrected chi connectivity index (χ1v) is 11.4. The van der Waals surface area contributed by atoms with Crippen LogP contribution in [0.3, 0.4) is 0 Å². The molecule has 3 atom stereocenters. The Bertz CT molecular complexity index is 889. The van der Waals surface area contributed by atoms with Crippen molar-refractivity contribution in [1.29, 1.82) is 0 Å². The number of hydrogen-bond donors (Lipinski definition) is 1. The molecule has 0 saturated carbocycles. The van der Waals surface area contributed by atoms with Gasteiger partial charge in [-0.25, -0.2) is 8.42 Å². The molecule has 160 valence electrons. The number of carboxylic acid groups (broad SMARTS) is 1. The Kier molecular flexibility index (Phi) is 6.74. The molecule has 2 aliphatic rings. The van der Waals surface area contributed by atoms with Crippen molar-refractivity contribution >= 4 is 45.1 Å². The summed E-state index contributed by atoms with van der Waals surface area (Å²) in [6.07, 6.45) is 1.23. The average molecular weight is 465 g/mol. The van der Waals surface area contributed by atoms with Gasteiger partial charge in [-0.2, -0.15) is 4.31 Å². The predicted octanol–water partition coefficient (Wildman–Crippen LogP) is 2.09. The summed E-state index contributed by atoms with van der Waals surface area (Å²) in [6.45, 7) is 0.354. The van der Waals surface area contributed by atoms with E-state index < -0.39 is 39.9 Å². The smallest absolute Gasteiger partial charge is 0.309 e. The van der Waals surface area contributed by atoms with Crippen LogP contribution in [0.1, 0.15) is 19.3 Å². The van der Waals surface area contributed by atoms with E-state index >= 15 is 0 Å². The van der Waals surface area contributed by atoms with Crippen LogP contribution < -0.4 is 0 Å². The first-order chi connectivity index (χ1) is 13.7. The van der Waals surface area contributed by atoms with Gasteiger partial charge in [0.15, 0.2) is 0 Å². The zero-order chi connectivity index (χ0) is 21.3. The number of carbonyl (C=O) groups is 2. The standard InChI is InChI=1S/C18H22Cl2N2O6S/c1-28-6-5-21-10-14(18(24)25)15-3-2-4-16(17(21)23)22(15)29(26,27)13-8-11(19)7-12(20)9-13/h7-9,14-16H,2-6,10H2,1H3,(H,24,25)/t14-,15-,16?/m0/s1. The van der Waals surface area contributed by atoms with E-state index in [0.717, 1.165) is 4.31 Å². The molecule has 0 aromatic heterocycles. The van der Waals surface area contributed by atoms with Gasteiger partial charge in [-0.05, 0) is 37.5 Å². The van der Waals surface area contributed by atoms with Gasteiger partial charge >= 0.3 is 5.97 Å². The lowest BCUT2D eigenvalue weighted by Gasteiger charge is -2.39. The summed E-state index contributed by atoms with van der Waals surface area (Å²) < 4.78 is 33.1. The summed E-state index contributed by atoms with van der Waals surface area (Å²) in [5.41, 5.74) is 0. The third-order valence-corrected chi connectivity index (χ3v) is 7.73. The van der Waals surface area contributed by atoms with E-state index in [4.69, 9.17) is 27.9 Å². The number of halogens is 2. The molecule has 1 unspecified atom stereocenters. The van der Waals surface area contributed by atoms with Gasteiger partial charge in [0.05, 0.1) is 17.4 Å². The third kappa shape index (κ3) is 4.39. The molecule has 0 radical (unpaired) electrons. The lowest BCUT2D eigenvalue weighted by Crippen LogP contribution is -2.55. The minimum absolute atomic E-state index is 0.0684. The summed E-state index contributed by atoms with van der Waals surface area (Å²) in [5, 5.41) is 10.1. The van der Waals surface area contributed by atoms with Crippen molar-refractivity contribution in [3.8, 4) is 0 Å². The summed E-state index contributed by atoms with van der Waals surface area (Å²) in [7, 11) is -2.73. The maximum atomic E-state index is 13.5. The van der Waals surface area contributed by atoms with Crippen LogP contribution in [-0.4, -0.2) is 73.5 Å². The summed E-state index contributed by atoms with van der Waals surface area (Å²) in [5.74, 6) is -2.60. The van der Waals surface area contributed by atoms with Crippen LogP contribution in [0.4, 0.5) is 0 Å². The topological polar surface area (TPSA) is 104 Å². The maximum absolute atomic E-state index is 13.5. The zero-order valence-electron chi connectivity index (χ0n) is 15.8. The Hall–Kier alpha value is -1.39. The molecule has 2 saturated heterocycles. The highest BCUT2D eigenvalue weighted by Crippen LogP contribution is 2.38. The number of amides is 1. The number of hydrogen-bond acceptors (Lipinski definition) is 5. The average Bonchev–Trinajstić information content (AvgIpc) is 2.72. The molecule has 29 heavy (non-hydrogen) atoms. The van der Waals surface area contributed by atoms with Crippen LogP contribution in [0.15, 0.2) is 23.1 Å². The van der Waals surface area contributed by atoms with Gasteiger partial charge < -0.3 is 14.7 Å². The van der Waals surface area contributed by atoms with Gasteiger partial charge in [0, 0.05) is 36.3 Å². The van der Waals surface area contributed by atoms with Crippen LogP contribution in [-0.2, 0) is 24.3 Å². The third-order valence-electron chi connectivity index (χ3n) is 5.38. The molecule has 11 heteroatoms. The number of nitrogens with zero attached hydrogens (tertiary/aromatic N) is 2. The Labute approximate surface area is 179 Å². The minimum Gasteiger partial charge on any atom is -0.481 e. The first kappa shape index (κ1) is 22.3. The SMILES string of the molecule is COCCN1C[C@H](C(=O)O)[C@@H]2CCCC(C1=O)N2S(=O)(=O)c1cc(Cl)cc(Cl)c1. The van der Waals surface area contributed by atoms with Crippen LogP contribution in [0.25, 0.3) is 0 Å². The molecule has 2 aliphatic heterocycles. The van der Waals surface area contributed by atoms with Crippen molar-refractivity contribution in [2.24, 2.45) is 5.92 Å². The highest BCUT2D eigenvalue weighted by Gasteiger charge is 2.51. The van der Waals surface area contributed by atoms with Crippen molar-refractivity contribution in [2.75, 3.05) is 26.8 Å². The fourth-order valence-electron chi connectivity index (χ4n) is 4.07. The number of aliphatic carboxylic acids is 1. The van der Waals surface area contributed by atoms with Crippen LogP contribution in [0.5, 0.6) is 0 Å². The zero-order valence-corrected chi connectivity index (χ0v) is 18.1. The molecule has 1 amide bonds. The molecular formula is C18H22Cl2N2O6S. The summed E-state index contributed by atoms with van der Waals surface area (Å²) >= 11 is 12.0. The number of methoxy groups -OCH3 is 1. The minimum atomic E-state index is -4.21. The quantitative estimate of drug-likeness (QED) is 0.690. The number of piperidine rings is 1. The van der Waals surface area contributed by atoms with Crippen molar-refractivity contribution in [1.82, 2.24) is 9.21 Å². The summed E-state index contributed by atoms with van der Waals surface area (Å²) in [4.78, 5) is 26.4. The van der Waals surface area contributed by atoms with Crippen LogP contribution in [0, 0.1) is 5.92 Å². The van der Waals surface area contributed by atoms with Crippen LogP contribution in [0.2, 0.25) is 10.0 Å². The van der Waals surface area contributed by atoms with Crippen molar-refractivity contribution < 1.29 is 27.9 Å². The Morgan fingerprint density at radius 2 is 1.90 bits per heavy atom. The second kappa shape index (κ2) is 8.77. The van der Waals surface area contributed by atoms with E-state index in [-0.39, 0.29) is 34.6 Å². The number of sulfonamides is 1. The molecule has 0 aliphatic carbocycles. The maximum Gasteiger partial charge on any atom is 0.309 e. The van der Waals surface area contributed by atoms with E-state index in [1.807, 2.05) is 0 Å². The molecule has 0 spiro atoms. The number of ether oxygens (including phenoxy) is 1. The number of fused-ring (bicyclic) bond motifs is 2. The second-order valence-corrected chi connectivity index (χ2v) is 9.89. The fraction of sp³-hybridized carbons (Fsp3) is 0.556. The van der Waals surface area contributed by atoms with Gasteiger partial charge in [0.25, 0.3) is 0 Å². The summed E-state index contributed by atoms with van der Waals surface area (Å²) in [6, 6.07) is 2.10. The molecule has 1 aromatic carbocycles. The largest absolute Gasteiger partial charge is 0.481 e. The number of carbonyl (C=O) groups excluding carboxylic acids is 1. The fourth-order valence-corrected chi connectivity index (χ4v) is 6.66. The molecule has 2 heterocycles. The van der Waals surface area contributed by atoms with Crippen molar-refractivity contribution in [3.05, 3.63) is 28.2 Å². The van der Waals surface area contributed by atoms with E-state index in [1.54, 1.807) is 0 Å². The first-order valence-electron chi connectivity index (χ1n) is 9.17. The molecule has 2 bridgehead atoms. The van der Waals surface area contributed by atoms with Gasteiger partial charge in [0.1, 0.15) is 6.04 Å². The number of benzene rings is 1. The lowest BCUT2D eigenvalue weighted by molar-refractivity contribution is -0.144. The second-order valence-electron chi connectivity index (χ2n) is 7.18. The van der Waals surface area contributed by atoms with E-state index in [0.29, 0.717) is 19.3 Å². The number of rotatable bonds is 6. The van der Waals surface area contributed by atoms with Gasteiger partial charge in [-0.1, -0.05) is 23.2 Å².